The maximum absolute atomic E-state index is 11.2. The summed E-state index contributed by atoms with van der Waals surface area (Å²) in [4.78, 5) is 12.7. The average Bonchev–Trinajstić information content (AvgIpc) is 2.02. The highest BCUT2D eigenvalue weighted by Gasteiger charge is 2.14. The van der Waals surface area contributed by atoms with Gasteiger partial charge < -0.3 is 10.6 Å². The van der Waals surface area contributed by atoms with Gasteiger partial charge >= 0.3 is 0 Å². The monoisotopic (exact) mass is 169 g/mol. The van der Waals surface area contributed by atoms with Crippen molar-refractivity contribution in [1.29, 1.82) is 5.26 Å². The second-order valence-electron chi connectivity index (χ2n) is 3.04. The molecule has 0 aliphatic rings. The first-order valence-corrected chi connectivity index (χ1v) is 3.89. The number of amides is 1. The van der Waals surface area contributed by atoms with Gasteiger partial charge in [0, 0.05) is 13.6 Å². The van der Waals surface area contributed by atoms with Gasteiger partial charge in [0.05, 0.1) is 18.0 Å². The Balaban J connectivity index is 3.97. The third kappa shape index (κ3) is 3.35. The summed E-state index contributed by atoms with van der Waals surface area (Å²) in [6.45, 7) is 3.84. The summed E-state index contributed by atoms with van der Waals surface area (Å²) in [5.41, 5.74) is 5.38. The summed E-state index contributed by atoms with van der Waals surface area (Å²) < 4.78 is 0. The number of nitriles is 1. The van der Waals surface area contributed by atoms with Gasteiger partial charge in [-0.15, -0.1) is 0 Å². The lowest BCUT2D eigenvalue weighted by molar-refractivity contribution is -0.131. The summed E-state index contributed by atoms with van der Waals surface area (Å²) in [6.07, 6.45) is 0. The van der Waals surface area contributed by atoms with Crippen molar-refractivity contribution < 1.29 is 4.79 Å². The van der Waals surface area contributed by atoms with Gasteiger partial charge in [-0.25, -0.2) is 0 Å². The molecule has 0 aliphatic carbocycles. The molecule has 0 aliphatic heterocycles. The van der Waals surface area contributed by atoms with Gasteiger partial charge in [0.25, 0.3) is 0 Å². The van der Waals surface area contributed by atoms with Gasteiger partial charge in [-0.1, -0.05) is 0 Å². The van der Waals surface area contributed by atoms with Crippen LogP contribution in [0.2, 0.25) is 0 Å². The first-order valence-electron chi connectivity index (χ1n) is 3.89. The van der Waals surface area contributed by atoms with Crippen LogP contribution in [0.25, 0.3) is 0 Å². The Labute approximate surface area is 72.9 Å². The number of likely N-dealkylation sites (N-methyl/N-ethyl adjacent to an activating group) is 1. The lowest BCUT2D eigenvalue weighted by atomic mass is 10.2. The quantitative estimate of drug-likeness (QED) is 0.644. The molecule has 0 radical (unpaired) electrons. The molecule has 1 unspecified atom stereocenters. The van der Waals surface area contributed by atoms with Gasteiger partial charge in [-0.05, 0) is 13.8 Å². The predicted octanol–water partition coefficient (Wildman–Crippen LogP) is -0.0483. The molecule has 0 aromatic carbocycles. The molecule has 2 atom stereocenters. The fraction of sp³-hybridized carbons (Fsp3) is 0.750. The van der Waals surface area contributed by atoms with Crippen LogP contribution in [-0.4, -0.2) is 30.4 Å². The predicted molar refractivity (Wildman–Crippen MR) is 46.1 cm³/mol. The number of hydrogen-bond donors (Lipinski definition) is 1. The highest BCUT2D eigenvalue weighted by molar-refractivity contribution is 5.80. The van der Waals surface area contributed by atoms with E-state index in [1.54, 1.807) is 20.9 Å². The van der Waals surface area contributed by atoms with E-state index in [-0.39, 0.29) is 11.8 Å². The van der Waals surface area contributed by atoms with E-state index in [2.05, 4.69) is 6.07 Å². The van der Waals surface area contributed by atoms with E-state index < -0.39 is 6.04 Å². The normalized spacial score (nSPS) is 14.6. The van der Waals surface area contributed by atoms with Crippen molar-refractivity contribution in [3.05, 3.63) is 0 Å². The van der Waals surface area contributed by atoms with Crippen molar-refractivity contribution in [1.82, 2.24) is 4.90 Å². The van der Waals surface area contributed by atoms with Crippen molar-refractivity contribution in [2.75, 3.05) is 13.6 Å². The summed E-state index contributed by atoms with van der Waals surface area (Å²) in [7, 11) is 1.65. The van der Waals surface area contributed by atoms with Crippen LogP contribution >= 0.6 is 0 Å². The molecule has 0 saturated heterocycles. The Morgan fingerprint density at radius 3 is 2.50 bits per heavy atom. The Kier molecular flexibility index (Phi) is 4.30. The molecule has 0 bridgehead atoms. The minimum Gasteiger partial charge on any atom is -0.343 e. The van der Waals surface area contributed by atoms with Crippen molar-refractivity contribution in [2.45, 2.75) is 19.9 Å². The van der Waals surface area contributed by atoms with Crippen molar-refractivity contribution in [2.24, 2.45) is 11.7 Å². The van der Waals surface area contributed by atoms with E-state index in [9.17, 15) is 4.79 Å². The number of nitrogens with zero attached hydrogens (tertiary/aromatic N) is 2. The van der Waals surface area contributed by atoms with E-state index in [0.29, 0.717) is 6.54 Å². The Morgan fingerprint density at radius 1 is 1.67 bits per heavy atom. The topological polar surface area (TPSA) is 70.1 Å². The molecule has 0 spiro atoms. The molecule has 0 aromatic heterocycles. The second kappa shape index (κ2) is 4.73. The molecule has 12 heavy (non-hydrogen) atoms. The summed E-state index contributed by atoms with van der Waals surface area (Å²) in [5, 5.41) is 8.48. The van der Waals surface area contributed by atoms with Crippen LogP contribution < -0.4 is 5.73 Å². The molecule has 0 heterocycles. The van der Waals surface area contributed by atoms with E-state index in [1.807, 2.05) is 0 Å². The minimum atomic E-state index is -0.485. The smallest absolute Gasteiger partial charge is 0.238 e. The van der Waals surface area contributed by atoms with Gasteiger partial charge in [0.15, 0.2) is 0 Å². The zero-order valence-corrected chi connectivity index (χ0v) is 7.74. The fourth-order valence-electron chi connectivity index (χ4n) is 0.889. The molecule has 4 heteroatoms. The maximum Gasteiger partial charge on any atom is 0.238 e. The first-order chi connectivity index (χ1) is 5.49. The molecule has 0 fully saturated rings. The van der Waals surface area contributed by atoms with Gasteiger partial charge in [0.2, 0.25) is 5.91 Å². The molecule has 0 saturated carbocycles. The first kappa shape index (κ1) is 10.9. The maximum atomic E-state index is 11.2. The van der Waals surface area contributed by atoms with E-state index in [1.165, 1.54) is 4.90 Å². The highest BCUT2D eigenvalue weighted by atomic mass is 16.2. The van der Waals surface area contributed by atoms with Crippen LogP contribution in [0.1, 0.15) is 13.8 Å². The summed E-state index contributed by atoms with van der Waals surface area (Å²) in [6, 6.07) is 1.57. The van der Waals surface area contributed by atoms with Crippen molar-refractivity contribution in [3.8, 4) is 6.07 Å². The molecule has 68 valence electrons. The number of carbonyl (C=O) groups is 1. The SMILES string of the molecule is CC(C#N)CN(C)C(=O)[C@@H](C)N. The molecule has 0 rings (SSSR count). The number of carbonyl (C=O) groups excluding carboxylic acids is 1. The second-order valence-corrected chi connectivity index (χ2v) is 3.04. The van der Waals surface area contributed by atoms with Crippen LogP contribution in [0.15, 0.2) is 0 Å². The number of hydrogen-bond acceptors (Lipinski definition) is 3. The third-order valence-corrected chi connectivity index (χ3v) is 1.53. The molecular weight excluding hydrogens is 154 g/mol. The largest absolute Gasteiger partial charge is 0.343 e. The number of nitrogens with two attached hydrogens (primary N) is 1. The van der Waals surface area contributed by atoms with Crippen LogP contribution in [0.3, 0.4) is 0 Å². The molecular formula is C8H15N3O. The number of rotatable bonds is 3. The molecule has 1 amide bonds. The lowest BCUT2D eigenvalue weighted by Gasteiger charge is -2.19. The van der Waals surface area contributed by atoms with Crippen LogP contribution in [0.5, 0.6) is 0 Å². The van der Waals surface area contributed by atoms with Gasteiger partial charge in [-0.3, -0.25) is 4.79 Å². The third-order valence-electron chi connectivity index (χ3n) is 1.53. The van der Waals surface area contributed by atoms with E-state index in [4.69, 9.17) is 11.0 Å². The van der Waals surface area contributed by atoms with Crippen molar-refractivity contribution in [3.63, 3.8) is 0 Å². The van der Waals surface area contributed by atoms with Crippen LogP contribution in [0, 0.1) is 17.2 Å². The highest BCUT2D eigenvalue weighted by Crippen LogP contribution is 1.97. The Hall–Kier alpha value is -1.08. The van der Waals surface area contributed by atoms with Crippen LogP contribution in [-0.2, 0) is 4.79 Å². The molecule has 4 nitrogen and oxygen atoms in total. The summed E-state index contributed by atoms with van der Waals surface area (Å²) in [5.74, 6) is -0.269. The van der Waals surface area contributed by atoms with Gasteiger partial charge in [0.1, 0.15) is 0 Å². The lowest BCUT2D eigenvalue weighted by Crippen LogP contribution is -2.41. The standard InChI is InChI=1S/C8H15N3O/c1-6(4-9)5-11(3)8(12)7(2)10/h6-7H,5,10H2,1-3H3/t6?,7-/m1/s1. The average molecular weight is 169 g/mol. The Morgan fingerprint density at radius 2 is 2.17 bits per heavy atom. The fourth-order valence-corrected chi connectivity index (χ4v) is 0.889. The van der Waals surface area contributed by atoms with E-state index >= 15 is 0 Å². The zero-order valence-electron chi connectivity index (χ0n) is 7.74. The summed E-state index contributed by atoms with van der Waals surface area (Å²) >= 11 is 0. The Bertz CT molecular complexity index is 195. The van der Waals surface area contributed by atoms with Crippen molar-refractivity contribution >= 4 is 5.91 Å². The molecule has 2 N–H and O–H groups in total. The van der Waals surface area contributed by atoms with Gasteiger partial charge in [-0.2, -0.15) is 5.26 Å². The van der Waals surface area contributed by atoms with Crippen LogP contribution in [0.4, 0.5) is 0 Å². The zero-order chi connectivity index (χ0) is 9.72. The molecule has 0 aromatic rings. The van der Waals surface area contributed by atoms with E-state index in [0.717, 1.165) is 0 Å². The minimum absolute atomic E-state index is 0.128.